The van der Waals surface area contributed by atoms with E-state index in [1.54, 1.807) is 12.1 Å². The Labute approximate surface area is 166 Å². The molecule has 0 aromatic heterocycles. The number of hydrogen-bond acceptors (Lipinski definition) is 7. The summed E-state index contributed by atoms with van der Waals surface area (Å²) in [5, 5.41) is 9.73. The molecule has 7 nitrogen and oxygen atoms in total. The van der Waals surface area contributed by atoms with Crippen LogP contribution >= 0.6 is 11.6 Å². The zero-order valence-corrected chi connectivity index (χ0v) is 18.4. The van der Waals surface area contributed by atoms with Gasteiger partial charge in [0.25, 0.3) is 0 Å². The molecule has 0 aliphatic carbocycles. The van der Waals surface area contributed by atoms with Gasteiger partial charge in [0.15, 0.2) is 29.5 Å². The Morgan fingerprint density at radius 3 is 1.78 bits per heavy atom. The molecule has 0 amide bonds. The third-order valence-corrected chi connectivity index (χ3v) is 9.69. The van der Waals surface area contributed by atoms with Crippen molar-refractivity contribution in [3.8, 4) is 0 Å². The van der Waals surface area contributed by atoms with Crippen molar-refractivity contribution in [2.75, 3.05) is 34.6 Å². The average Bonchev–Trinajstić information content (AvgIpc) is 2.52. The molecule has 1 unspecified atom stereocenters. The number of rotatable bonds is 11. The molecule has 1 rings (SSSR count). The highest BCUT2D eigenvalue weighted by atomic mass is 35.5. The minimum absolute atomic E-state index is 0.0207. The molecule has 0 spiro atoms. The van der Waals surface area contributed by atoms with Gasteiger partial charge in [-0.05, 0) is 23.6 Å². The normalized spacial score (nSPS) is 14.4. The van der Waals surface area contributed by atoms with Gasteiger partial charge in [-0.2, -0.15) is 0 Å². The van der Waals surface area contributed by atoms with Crippen LogP contribution < -0.4 is 0 Å². The van der Waals surface area contributed by atoms with Gasteiger partial charge in [0.2, 0.25) is 0 Å². The Morgan fingerprint density at radius 2 is 1.33 bits per heavy atom. The largest absolute Gasteiger partial charge is 0.391 e. The summed E-state index contributed by atoms with van der Waals surface area (Å²) < 4.78 is 71.9. The number of aliphatic hydroxyl groups excluding tert-OH is 1. The van der Waals surface area contributed by atoms with E-state index in [1.165, 1.54) is 12.1 Å². The van der Waals surface area contributed by atoms with E-state index in [-0.39, 0.29) is 22.4 Å². The van der Waals surface area contributed by atoms with Crippen molar-refractivity contribution in [1.82, 2.24) is 0 Å². The molecule has 0 aliphatic heterocycles. The molecule has 1 atom stereocenters. The summed E-state index contributed by atoms with van der Waals surface area (Å²) in [6.07, 6.45) is -1.63. The van der Waals surface area contributed by atoms with E-state index in [4.69, 9.17) is 11.6 Å². The highest BCUT2D eigenvalue weighted by molar-refractivity contribution is 7.95. The van der Waals surface area contributed by atoms with Crippen molar-refractivity contribution in [3.05, 3.63) is 29.8 Å². The van der Waals surface area contributed by atoms with Gasteiger partial charge in [-0.25, -0.2) is 25.3 Å². The maximum absolute atomic E-state index is 12.3. The summed E-state index contributed by atoms with van der Waals surface area (Å²) in [5.74, 6) is -3.19. The van der Waals surface area contributed by atoms with Crippen molar-refractivity contribution in [2.45, 2.75) is 30.8 Å². The van der Waals surface area contributed by atoms with Crippen molar-refractivity contribution in [1.29, 1.82) is 0 Å². The number of alkyl halides is 1. The quantitative estimate of drug-likeness (QED) is 0.489. The van der Waals surface area contributed by atoms with Gasteiger partial charge < -0.3 is 5.11 Å². The molecule has 1 N–H and O–H groups in total. The van der Waals surface area contributed by atoms with Crippen LogP contribution in [0.25, 0.3) is 0 Å². The first-order valence-corrected chi connectivity index (χ1v) is 14.1. The fourth-order valence-corrected chi connectivity index (χ4v) is 7.84. The Kier molecular flexibility index (Phi) is 8.74. The van der Waals surface area contributed by atoms with Crippen molar-refractivity contribution in [3.63, 3.8) is 0 Å². The lowest BCUT2D eigenvalue weighted by atomic mass is 10.0. The predicted molar refractivity (Wildman–Crippen MR) is 107 cm³/mol. The Bertz CT molecular complexity index is 919. The maximum Gasteiger partial charge on any atom is 0.179 e. The molecule has 1 aromatic carbocycles. The third kappa shape index (κ3) is 8.47. The number of sulfone groups is 3. The third-order valence-electron chi connectivity index (χ3n) is 3.85. The molecule has 0 fully saturated rings. The van der Waals surface area contributed by atoms with Crippen molar-refractivity contribution < 1.29 is 30.4 Å². The molecular weight excluding hydrogens is 436 g/mol. The molecule has 0 saturated heterocycles. The summed E-state index contributed by atoms with van der Waals surface area (Å²) in [7, 11) is -11.4. The van der Waals surface area contributed by atoms with Gasteiger partial charge in [0, 0.05) is 5.88 Å². The minimum atomic E-state index is -3.96. The van der Waals surface area contributed by atoms with Crippen LogP contribution in [0.3, 0.4) is 0 Å². The molecule has 0 radical (unpaired) electrons. The minimum Gasteiger partial charge on any atom is -0.391 e. The second-order valence-corrected chi connectivity index (χ2v) is 13.6. The van der Waals surface area contributed by atoms with E-state index >= 15 is 0 Å². The molecule has 27 heavy (non-hydrogen) atoms. The molecule has 0 aliphatic rings. The second kappa shape index (κ2) is 9.69. The van der Waals surface area contributed by atoms with Crippen LogP contribution in [0.15, 0.2) is 29.2 Å². The summed E-state index contributed by atoms with van der Waals surface area (Å²) in [4.78, 5) is 0.0207. The topological polar surface area (TPSA) is 123 Å². The number of halogens is 1. The lowest BCUT2D eigenvalue weighted by Crippen LogP contribution is -2.32. The summed E-state index contributed by atoms with van der Waals surface area (Å²) in [5.41, 5.74) is 0.961. The summed E-state index contributed by atoms with van der Waals surface area (Å²) in [6.45, 7) is 3.93. The smallest absolute Gasteiger partial charge is 0.179 e. The fourth-order valence-electron chi connectivity index (χ4n) is 2.33. The Morgan fingerprint density at radius 1 is 0.852 bits per heavy atom. The van der Waals surface area contributed by atoms with Crippen LogP contribution in [0.2, 0.25) is 0 Å². The average molecular weight is 461 g/mol. The second-order valence-electron chi connectivity index (χ2n) is 6.61. The van der Waals surface area contributed by atoms with E-state index in [0.717, 1.165) is 5.56 Å². The van der Waals surface area contributed by atoms with E-state index in [9.17, 15) is 30.4 Å². The number of benzene rings is 1. The molecule has 1 aromatic rings. The summed E-state index contributed by atoms with van der Waals surface area (Å²) in [6, 6.07) is 6.23. The number of hydrogen-bond donors (Lipinski definition) is 1. The van der Waals surface area contributed by atoms with Crippen LogP contribution in [0.1, 0.15) is 25.3 Å². The fraction of sp³-hybridized carbons (Fsp3) is 0.625. The van der Waals surface area contributed by atoms with Crippen LogP contribution in [-0.2, 0) is 29.5 Å². The lowest BCUT2D eigenvalue weighted by Gasteiger charge is -2.12. The monoisotopic (exact) mass is 460 g/mol. The lowest BCUT2D eigenvalue weighted by molar-refractivity contribution is 0.220. The highest BCUT2D eigenvalue weighted by Gasteiger charge is 2.25. The number of aliphatic hydroxyl groups is 1. The Balaban J connectivity index is 2.74. The van der Waals surface area contributed by atoms with E-state index in [1.807, 2.05) is 13.8 Å². The summed E-state index contributed by atoms with van der Waals surface area (Å²) >= 11 is 5.34. The molecule has 11 heteroatoms. The molecule has 0 bridgehead atoms. The highest BCUT2D eigenvalue weighted by Crippen LogP contribution is 2.18. The van der Waals surface area contributed by atoms with E-state index in [2.05, 4.69) is 0 Å². The van der Waals surface area contributed by atoms with Gasteiger partial charge in [0.1, 0.15) is 0 Å². The van der Waals surface area contributed by atoms with Gasteiger partial charge in [-0.1, -0.05) is 26.0 Å². The molecule has 156 valence electrons. The van der Waals surface area contributed by atoms with Crippen LogP contribution in [0.4, 0.5) is 0 Å². The maximum atomic E-state index is 12.3. The predicted octanol–water partition coefficient (Wildman–Crippen LogP) is 1.01. The first-order valence-electron chi connectivity index (χ1n) is 8.25. The van der Waals surface area contributed by atoms with Gasteiger partial charge in [-0.3, -0.25) is 0 Å². The standard InChI is InChI=1S/C16H25ClO7S3/c1-13(2)14-3-5-16(6-4-14)27(23,24)10-9-26(21,22)12-15(18)11-25(19,20)8-7-17/h3-6,13,15,18H,7-12H2,1-2H3. The van der Waals surface area contributed by atoms with Crippen LogP contribution in [0.5, 0.6) is 0 Å². The van der Waals surface area contributed by atoms with Crippen LogP contribution in [0, 0.1) is 0 Å². The van der Waals surface area contributed by atoms with Gasteiger partial charge in [-0.15, -0.1) is 11.6 Å². The van der Waals surface area contributed by atoms with Gasteiger partial charge >= 0.3 is 0 Å². The zero-order chi connectivity index (χ0) is 20.9. The van der Waals surface area contributed by atoms with Crippen LogP contribution in [-0.4, -0.2) is 71.1 Å². The van der Waals surface area contributed by atoms with Crippen molar-refractivity contribution >= 4 is 41.1 Å². The van der Waals surface area contributed by atoms with Crippen molar-refractivity contribution in [2.24, 2.45) is 0 Å². The first kappa shape index (κ1) is 24.4. The van der Waals surface area contributed by atoms with Gasteiger partial charge in [0.05, 0.1) is 39.8 Å². The van der Waals surface area contributed by atoms with E-state index in [0.29, 0.717) is 0 Å². The Hall–Kier alpha value is -0.680. The SMILES string of the molecule is CC(C)c1ccc(S(=O)(=O)CCS(=O)(=O)CC(O)CS(=O)(=O)CCCl)cc1. The molecule has 0 saturated carbocycles. The first-order chi connectivity index (χ1) is 12.3. The zero-order valence-electron chi connectivity index (χ0n) is 15.2. The molecule has 0 heterocycles. The molecular formula is C16H25ClO7S3. The van der Waals surface area contributed by atoms with E-state index < -0.39 is 58.6 Å².